The first-order chi connectivity index (χ1) is 10.6. The molecule has 4 fully saturated rings. The maximum Gasteiger partial charge on any atom is 0.220 e. The van der Waals surface area contributed by atoms with Crippen LogP contribution in [0.5, 0.6) is 0 Å². The van der Waals surface area contributed by atoms with Gasteiger partial charge in [-0.2, -0.15) is 0 Å². The molecule has 22 heavy (non-hydrogen) atoms. The number of carbonyl (C=O) groups is 1. The molecule has 4 aliphatic rings. The number of hydrogen-bond acceptors (Lipinski definition) is 3. The molecule has 4 saturated carbocycles. The highest BCUT2D eigenvalue weighted by Crippen LogP contribution is 2.61. The van der Waals surface area contributed by atoms with Crippen molar-refractivity contribution >= 4 is 5.91 Å². The lowest BCUT2D eigenvalue weighted by Crippen LogP contribution is -2.48. The molecule has 2 N–H and O–H groups in total. The third-order valence-electron chi connectivity index (χ3n) is 6.06. The summed E-state index contributed by atoms with van der Waals surface area (Å²) in [5.41, 5.74) is 0.258. The first-order valence-corrected chi connectivity index (χ1v) is 8.60. The lowest BCUT2D eigenvalue weighted by atomic mass is 9.49. The van der Waals surface area contributed by atoms with Crippen LogP contribution < -0.4 is 5.32 Å². The van der Waals surface area contributed by atoms with E-state index >= 15 is 0 Å². The van der Waals surface area contributed by atoms with E-state index in [-0.39, 0.29) is 17.9 Å². The second-order valence-corrected chi connectivity index (χ2v) is 7.93. The van der Waals surface area contributed by atoms with E-state index in [9.17, 15) is 9.90 Å². The zero-order valence-corrected chi connectivity index (χ0v) is 13.0. The molecule has 1 aromatic heterocycles. The van der Waals surface area contributed by atoms with Crippen molar-refractivity contribution in [3.8, 4) is 0 Å². The number of furan rings is 1. The molecule has 4 bridgehead atoms. The molecule has 1 heterocycles. The lowest BCUT2D eigenvalue weighted by Gasteiger charge is -2.56. The predicted molar refractivity (Wildman–Crippen MR) is 81.9 cm³/mol. The summed E-state index contributed by atoms with van der Waals surface area (Å²) in [6.45, 7) is 0.235. The van der Waals surface area contributed by atoms with E-state index in [1.165, 1.54) is 44.8 Å². The summed E-state index contributed by atoms with van der Waals surface area (Å²) in [4.78, 5) is 12.3. The van der Waals surface area contributed by atoms with Gasteiger partial charge in [-0.1, -0.05) is 0 Å². The molecule has 1 unspecified atom stereocenters. The summed E-state index contributed by atoms with van der Waals surface area (Å²) in [6, 6.07) is 3.48. The van der Waals surface area contributed by atoms with E-state index in [1.54, 1.807) is 12.1 Å². The van der Waals surface area contributed by atoms with Crippen LogP contribution in [-0.4, -0.2) is 17.6 Å². The monoisotopic (exact) mass is 303 g/mol. The Morgan fingerprint density at radius 3 is 2.45 bits per heavy atom. The molecule has 0 spiro atoms. The second-order valence-electron chi connectivity index (χ2n) is 7.93. The Balaban J connectivity index is 1.32. The molecule has 0 aliphatic heterocycles. The van der Waals surface area contributed by atoms with Crippen molar-refractivity contribution in [1.29, 1.82) is 0 Å². The van der Waals surface area contributed by atoms with Crippen molar-refractivity contribution in [2.75, 3.05) is 6.54 Å². The Hall–Kier alpha value is -1.29. The van der Waals surface area contributed by atoms with Crippen molar-refractivity contribution in [1.82, 2.24) is 5.32 Å². The fraction of sp³-hybridized carbons (Fsp3) is 0.722. The van der Waals surface area contributed by atoms with Crippen LogP contribution in [0, 0.1) is 23.2 Å². The molecule has 0 saturated heterocycles. The highest BCUT2D eigenvalue weighted by Gasteiger charge is 2.51. The molecule has 4 nitrogen and oxygen atoms in total. The van der Waals surface area contributed by atoms with Gasteiger partial charge in [0.1, 0.15) is 11.9 Å². The number of nitrogens with one attached hydrogen (secondary N) is 1. The molecule has 120 valence electrons. The van der Waals surface area contributed by atoms with Gasteiger partial charge in [0.25, 0.3) is 0 Å². The molecule has 0 radical (unpaired) electrons. The summed E-state index contributed by atoms with van der Waals surface area (Å²) in [5.74, 6) is 3.20. The molecule has 0 aromatic carbocycles. The standard InChI is InChI=1S/C18H25NO3/c20-15(16-2-1-3-22-16)11-19-17(21)10-18-7-12-4-13(8-18)6-14(5-12)9-18/h1-3,12-15,20H,4-11H2,(H,19,21). The Morgan fingerprint density at radius 2 is 1.91 bits per heavy atom. The van der Waals surface area contributed by atoms with Gasteiger partial charge < -0.3 is 14.8 Å². The van der Waals surface area contributed by atoms with E-state index in [2.05, 4.69) is 5.32 Å². The highest BCUT2D eigenvalue weighted by molar-refractivity contribution is 5.76. The minimum atomic E-state index is -0.754. The zero-order chi connectivity index (χ0) is 15.2. The second kappa shape index (κ2) is 5.41. The smallest absolute Gasteiger partial charge is 0.220 e. The quantitative estimate of drug-likeness (QED) is 0.879. The third kappa shape index (κ3) is 2.69. The molecule has 4 aliphatic carbocycles. The van der Waals surface area contributed by atoms with Gasteiger partial charge in [0.2, 0.25) is 5.91 Å². The van der Waals surface area contributed by atoms with Crippen LogP contribution in [0.3, 0.4) is 0 Å². The van der Waals surface area contributed by atoms with Crippen LogP contribution >= 0.6 is 0 Å². The van der Waals surface area contributed by atoms with Crippen LogP contribution in [0.1, 0.15) is 56.8 Å². The van der Waals surface area contributed by atoms with E-state index < -0.39 is 6.10 Å². The SMILES string of the molecule is O=C(CC12CC3CC(CC(C3)C1)C2)NCC(O)c1ccco1. The Kier molecular flexibility index (Phi) is 3.52. The zero-order valence-electron chi connectivity index (χ0n) is 13.0. The third-order valence-corrected chi connectivity index (χ3v) is 6.06. The topological polar surface area (TPSA) is 62.5 Å². The van der Waals surface area contributed by atoms with E-state index in [1.807, 2.05) is 0 Å². The summed E-state index contributed by atoms with van der Waals surface area (Å²) in [5, 5.41) is 12.9. The van der Waals surface area contributed by atoms with E-state index in [0.717, 1.165) is 17.8 Å². The minimum Gasteiger partial charge on any atom is -0.467 e. The largest absolute Gasteiger partial charge is 0.467 e. The summed E-state index contributed by atoms with van der Waals surface area (Å²) < 4.78 is 5.16. The maximum atomic E-state index is 12.3. The Morgan fingerprint density at radius 1 is 1.27 bits per heavy atom. The number of hydrogen-bond donors (Lipinski definition) is 2. The fourth-order valence-electron chi connectivity index (χ4n) is 5.70. The normalized spacial score (nSPS) is 37.2. The van der Waals surface area contributed by atoms with Gasteiger partial charge in [-0.15, -0.1) is 0 Å². The van der Waals surface area contributed by atoms with Gasteiger partial charge in [-0.05, 0) is 73.8 Å². The van der Waals surface area contributed by atoms with Gasteiger partial charge in [0.05, 0.1) is 12.8 Å². The Labute approximate surface area is 131 Å². The number of carbonyl (C=O) groups excluding carboxylic acids is 1. The van der Waals surface area contributed by atoms with Crippen LogP contribution in [0.4, 0.5) is 0 Å². The molecule has 1 atom stereocenters. The number of aliphatic hydroxyl groups is 1. The number of rotatable bonds is 5. The molecule has 5 rings (SSSR count). The van der Waals surface area contributed by atoms with Crippen molar-refractivity contribution < 1.29 is 14.3 Å². The van der Waals surface area contributed by atoms with E-state index in [4.69, 9.17) is 4.42 Å². The Bertz CT molecular complexity index is 501. The molecule has 1 amide bonds. The maximum absolute atomic E-state index is 12.3. The van der Waals surface area contributed by atoms with Crippen molar-refractivity contribution in [3.63, 3.8) is 0 Å². The van der Waals surface area contributed by atoms with Gasteiger partial charge in [-0.25, -0.2) is 0 Å². The van der Waals surface area contributed by atoms with E-state index in [0.29, 0.717) is 12.2 Å². The molecule has 1 aromatic rings. The molecular weight excluding hydrogens is 278 g/mol. The average Bonchev–Trinajstić information content (AvgIpc) is 2.97. The highest BCUT2D eigenvalue weighted by atomic mass is 16.4. The average molecular weight is 303 g/mol. The van der Waals surface area contributed by atoms with Crippen molar-refractivity contribution in [2.24, 2.45) is 23.2 Å². The predicted octanol–water partition coefficient (Wildman–Crippen LogP) is 3.04. The first kappa shape index (κ1) is 14.3. The van der Waals surface area contributed by atoms with Crippen LogP contribution in [0.25, 0.3) is 0 Å². The van der Waals surface area contributed by atoms with Crippen molar-refractivity contribution in [3.05, 3.63) is 24.2 Å². The molecule has 4 heteroatoms. The summed E-state index contributed by atoms with van der Waals surface area (Å²) >= 11 is 0. The number of aliphatic hydroxyl groups excluding tert-OH is 1. The van der Waals surface area contributed by atoms with Gasteiger partial charge in [0, 0.05) is 6.42 Å². The summed E-state index contributed by atoms with van der Waals surface area (Å²) in [7, 11) is 0. The fourth-order valence-corrected chi connectivity index (χ4v) is 5.70. The minimum absolute atomic E-state index is 0.0903. The molecular formula is C18H25NO3. The summed E-state index contributed by atoms with van der Waals surface area (Å²) in [6.07, 6.45) is 9.36. The van der Waals surface area contributed by atoms with Crippen LogP contribution in [0.2, 0.25) is 0 Å². The van der Waals surface area contributed by atoms with Gasteiger partial charge in [0.15, 0.2) is 0 Å². The lowest BCUT2D eigenvalue weighted by molar-refractivity contribution is -0.129. The van der Waals surface area contributed by atoms with Crippen LogP contribution in [-0.2, 0) is 4.79 Å². The first-order valence-electron chi connectivity index (χ1n) is 8.60. The van der Waals surface area contributed by atoms with Gasteiger partial charge in [-0.3, -0.25) is 4.79 Å². The van der Waals surface area contributed by atoms with Crippen LogP contribution in [0.15, 0.2) is 22.8 Å². The van der Waals surface area contributed by atoms with Gasteiger partial charge >= 0.3 is 0 Å². The number of amides is 1. The van der Waals surface area contributed by atoms with Crippen molar-refractivity contribution in [2.45, 2.75) is 51.0 Å².